The van der Waals surface area contributed by atoms with Crippen LogP contribution >= 0.6 is 0 Å². The molecule has 1 saturated heterocycles. The number of Topliss-reactive ketones (excluding diaryl/α,β-unsaturated/α-hetero) is 1. The zero-order valence-corrected chi connectivity index (χ0v) is 15.7. The molecule has 1 atom stereocenters. The zero-order valence-electron chi connectivity index (χ0n) is 15.7. The van der Waals surface area contributed by atoms with Crippen molar-refractivity contribution in [3.8, 4) is 11.5 Å². The first-order valence-corrected chi connectivity index (χ1v) is 8.98. The lowest BCUT2D eigenvalue weighted by Gasteiger charge is -2.22. The fourth-order valence-corrected chi connectivity index (χ4v) is 3.99. The summed E-state index contributed by atoms with van der Waals surface area (Å²) >= 11 is 0. The summed E-state index contributed by atoms with van der Waals surface area (Å²) in [4.78, 5) is 39.6. The molecule has 0 bridgehead atoms. The first-order valence-electron chi connectivity index (χ1n) is 8.98. The van der Waals surface area contributed by atoms with E-state index >= 15 is 0 Å². The number of carbonyl (C=O) groups is 3. The van der Waals surface area contributed by atoms with Gasteiger partial charge >= 0.3 is 6.03 Å². The van der Waals surface area contributed by atoms with Crippen molar-refractivity contribution < 1.29 is 23.9 Å². The number of carbonyl (C=O) groups excluding carboxylic acids is 3. The van der Waals surface area contributed by atoms with E-state index in [1.807, 2.05) is 24.3 Å². The third-order valence-electron chi connectivity index (χ3n) is 5.43. The highest BCUT2D eigenvalue weighted by atomic mass is 16.5. The second-order valence-electron chi connectivity index (χ2n) is 6.87. The van der Waals surface area contributed by atoms with Crippen LogP contribution in [0.3, 0.4) is 0 Å². The number of methoxy groups -OCH3 is 2. The molecule has 144 valence electrons. The first kappa shape index (κ1) is 18.0. The lowest BCUT2D eigenvalue weighted by molar-refractivity contribution is -0.131. The summed E-state index contributed by atoms with van der Waals surface area (Å²) in [7, 11) is 2.96. The Hall–Kier alpha value is -3.35. The van der Waals surface area contributed by atoms with Gasteiger partial charge in [0.05, 0.1) is 26.3 Å². The molecule has 1 aliphatic carbocycles. The van der Waals surface area contributed by atoms with Crippen molar-refractivity contribution in [1.82, 2.24) is 10.2 Å². The monoisotopic (exact) mass is 380 g/mol. The molecule has 3 amide bonds. The number of fused-ring (bicyclic) bond motifs is 2. The van der Waals surface area contributed by atoms with Crippen LogP contribution in [0.25, 0.3) is 0 Å². The van der Waals surface area contributed by atoms with Gasteiger partial charge in [-0.05, 0) is 36.1 Å². The molecular formula is C21H20N2O5. The normalized spacial score (nSPS) is 20.3. The molecule has 2 aliphatic rings. The number of amides is 3. The first-order chi connectivity index (χ1) is 13.5. The largest absolute Gasteiger partial charge is 0.497 e. The number of nitrogens with one attached hydrogen (secondary N) is 1. The summed E-state index contributed by atoms with van der Waals surface area (Å²) < 4.78 is 10.4. The Balaban J connectivity index is 1.61. The van der Waals surface area contributed by atoms with Gasteiger partial charge in [0.15, 0.2) is 5.78 Å². The number of ketones is 1. The van der Waals surface area contributed by atoms with Crippen molar-refractivity contribution in [1.29, 1.82) is 0 Å². The van der Waals surface area contributed by atoms with Gasteiger partial charge < -0.3 is 14.8 Å². The average Bonchev–Trinajstić information content (AvgIpc) is 3.20. The minimum absolute atomic E-state index is 0.289. The van der Waals surface area contributed by atoms with Gasteiger partial charge in [-0.15, -0.1) is 0 Å². The van der Waals surface area contributed by atoms with Crippen molar-refractivity contribution in [2.24, 2.45) is 0 Å². The van der Waals surface area contributed by atoms with Gasteiger partial charge in [0.25, 0.3) is 5.91 Å². The van der Waals surface area contributed by atoms with Crippen LogP contribution in [-0.4, -0.2) is 43.4 Å². The van der Waals surface area contributed by atoms with Gasteiger partial charge in [0.2, 0.25) is 0 Å². The van der Waals surface area contributed by atoms with Crippen LogP contribution in [0.15, 0.2) is 42.5 Å². The maximum absolute atomic E-state index is 13.2. The van der Waals surface area contributed by atoms with E-state index in [1.165, 1.54) is 14.2 Å². The molecule has 0 unspecified atom stereocenters. The third-order valence-corrected chi connectivity index (χ3v) is 5.43. The molecule has 0 aromatic heterocycles. The summed E-state index contributed by atoms with van der Waals surface area (Å²) in [5.74, 6) is 0.108. The van der Waals surface area contributed by atoms with Crippen LogP contribution in [0.1, 0.15) is 27.9 Å². The average molecular weight is 380 g/mol. The van der Waals surface area contributed by atoms with Gasteiger partial charge in [0.1, 0.15) is 17.0 Å². The summed E-state index contributed by atoms with van der Waals surface area (Å²) in [6, 6.07) is 11.8. The van der Waals surface area contributed by atoms with Gasteiger partial charge in [-0.25, -0.2) is 4.79 Å². The molecule has 1 fully saturated rings. The van der Waals surface area contributed by atoms with E-state index in [-0.39, 0.29) is 23.8 Å². The second kappa shape index (κ2) is 6.67. The summed E-state index contributed by atoms with van der Waals surface area (Å²) in [6.45, 7) is -0.350. The van der Waals surface area contributed by atoms with Gasteiger partial charge in [0, 0.05) is 6.07 Å². The fourth-order valence-electron chi connectivity index (χ4n) is 3.99. The van der Waals surface area contributed by atoms with Crippen LogP contribution in [0.2, 0.25) is 0 Å². The molecule has 7 nitrogen and oxygen atoms in total. The maximum atomic E-state index is 13.2. The minimum Gasteiger partial charge on any atom is -0.497 e. The molecule has 2 aromatic carbocycles. The second-order valence-corrected chi connectivity index (χ2v) is 6.87. The van der Waals surface area contributed by atoms with Crippen LogP contribution in [-0.2, 0) is 16.8 Å². The smallest absolute Gasteiger partial charge is 0.325 e. The zero-order chi connectivity index (χ0) is 19.9. The number of ether oxygens (including phenoxy) is 2. The van der Waals surface area contributed by atoms with E-state index in [0.29, 0.717) is 24.3 Å². The highest BCUT2D eigenvalue weighted by molar-refractivity contribution is 6.12. The van der Waals surface area contributed by atoms with Crippen molar-refractivity contribution >= 4 is 17.7 Å². The van der Waals surface area contributed by atoms with E-state index in [4.69, 9.17) is 9.47 Å². The van der Waals surface area contributed by atoms with Gasteiger partial charge in [-0.2, -0.15) is 0 Å². The van der Waals surface area contributed by atoms with E-state index < -0.39 is 11.6 Å². The highest BCUT2D eigenvalue weighted by Crippen LogP contribution is 2.41. The molecule has 1 aliphatic heterocycles. The molecule has 1 heterocycles. The fraction of sp³-hybridized carbons (Fsp3) is 0.286. The molecule has 28 heavy (non-hydrogen) atoms. The van der Waals surface area contributed by atoms with Crippen molar-refractivity contribution in [2.75, 3.05) is 20.8 Å². The number of hydrogen-bond donors (Lipinski definition) is 1. The Morgan fingerprint density at radius 1 is 1.14 bits per heavy atom. The topological polar surface area (TPSA) is 84.9 Å². The Bertz CT molecular complexity index is 987. The lowest BCUT2D eigenvalue weighted by atomic mass is 9.92. The van der Waals surface area contributed by atoms with Crippen LogP contribution < -0.4 is 14.8 Å². The molecule has 2 aromatic rings. The van der Waals surface area contributed by atoms with Crippen molar-refractivity contribution in [3.63, 3.8) is 0 Å². The maximum Gasteiger partial charge on any atom is 0.325 e. The van der Waals surface area contributed by atoms with E-state index in [2.05, 4.69) is 5.32 Å². The number of rotatable bonds is 5. The summed E-state index contributed by atoms with van der Waals surface area (Å²) in [5.41, 5.74) is 1.07. The molecule has 4 rings (SSSR count). The number of aryl methyl sites for hydroxylation is 1. The van der Waals surface area contributed by atoms with E-state index in [1.54, 1.807) is 18.2 Å². The number of urea groups is 1. The molecule has 1 N–H and O–H groups in total. The molecule has 7 heteroatoms. The Morgan fingerprint density at radius 3 is 2.68 bits per heavy atom. The van der Waals surface area contributed by atoms with Gasteiger partial charge in [-0.1, -0.05) is 24.3 Å². The standard InChI is InChI=1S/C21H20N2O5/c1-27-14-7-8-15(18(11-14)28-2)17(24)12-23-19(25)21(22-20(23)26)10-9-13-5-3-4-6-16(13)21/h3-8,11H,9-10,12H2,1-2H3,(H,22,26)/t21-/m0/s1. The number of imide groups is 1. The Kier molecular flexibility index (Phi) is 4.30. The summed E-state index contributed by atoms with van der Waals surface area (Å²) in [5, 5.41) is 2.82. The minimum atomic E-state index is -1.07. The van der Waals surface area contributed by atoms with E-state index in [0.717, 1.165) is 16.0 Å². The van der Waals surface area contributed by atoms with Crippen molar-refractivity contribution in [3.05, 3.63) is 59.2 Å². The van der Waals surface area contributed by atoms with Crippen LogP contribution in [0, 0.1) is 0 Å². The quantitative estimate of drug-likeness (QED) is 0.635. The SMILES string of the molecule is COc1ccc(C(=O)CN2C(=O)N[C@]3(CCc4ccccc43)C2=O)c(OC)c1. The number of nitrogens with zero attached hydrogens (tertiary/aromatic N) is 1. The predicted octanol–water partition coefficient (Wildman–Crippen LogP) is 2.28. The van der Waals surface area contributed by atoms with Crippen molar-refractivity contribution in [2.45, 2.75) is 18.4 Å². The molecule has 0 saturated carbocycles. The third kappa shape index (κ3) is 2.62. The summed E-state index contributed by atoms with van der Waals surface area (Å²) in [6.07, 6.45) is 1.20. The Labute approximate surface area is 162 Å². The number of hydrogen-bond acceptors (Lipinski definition) is 5. The van der Waals surface area contributed by atoms with Crippen LogP contribution in [0.5, 0.6) is 11.5 Å². The highest BCUT2D eigenvalue weighted by Gasteiger charge is 2.55. The van der Waals surface area contributed by atoms with E-state index in [9.17, 15) is 14.4 Å². The molecule has 1 spiro atoms. The predicted molar refractivity (Wildman–Crippen MR) is 101 cm³/mol. The molecular weight excluding hydrogens is 360 g/mol. The molecule has 0 radical (unpaired) electrons. The number of benzene rings is 2. The van der Waals surface area contributed by atoms with Gasteiger partial charge in [-0.3, -0.25) is 14.5 Å². The lowest BCUT2D eigenvalue weighted by Crippen LogP contribution is -2.42. The van der Waals surface area contributed by atoms with Crippen LogP contribution in [0.4, 0.5) is 4.79 Å². The Morgan fingerprint density at radius 2 is 1.93 bits per heavy atom.